The van der Waals surface area contributed by atoms with Crippen LogP contribution in [0.5, 0.6) is 0 Å². The fourth-order valence-corrected chi connectivity index (χ4v) is 3.01. The number of aliphatic carboxylic acids is 1. The Labute approximate surface area is 89.5 Å². The van der Waals surface area contributed by atoms with E-state index in [0.717, 1.165) is 0 Å². The molecule has 3 N–H and O–H groups in total. The zero-order chi connectivity index (χ0) is 10.6. The van der Waals surface area contributed by atoms with Gasteiger partial charge in [0, 0.05) is 0 Å². The molecule has 0 amide bonds. The molecular formula is C10H13NO2Se. The zero-order valence-corrected chi connectivity index (χ0v) is 9.65. The molecule has 1 rings (SSSR count). The van der Waals surface area contributed by atoms with Crippen LogP contribution in [0, 0.1) is 6.92 Å². The summed E-state index contributed by atoms with van der Waals surface area (Å²) in [7, 11) is 0. The number of nitrogens with two attached hydrogens (primary N) is 1. The van der Waals surface area contributed by atoms with Crippen LogP contribution in [0.25, 0.3) is 0 Å². The molecule has 1 aromatic rings. The first-order valence-electron chi connectivity index (χ1n) is 4.28. The molecule has 76 valence electrons. The number of hydrogen-bond acceptors (Lipinski definition) is 2. The summed E-state index contributed by atoms with van der Waals surface area (Å²) in [6.45, 7) is 2.03. The SMILES string of the molecule is Cc1ccccc1[Se]C[C@H](N)C(=O)O. The normalized spacial score (nSPS) is 12.4. The van der Waals surface area contributed by atoms with E-state index in [0.29, 0.717) is 5.32 Å². The minimum atomic E-state index is -0.916. The molecule has 0 radical (unpaired) electrons. The monoisotopic (exact) mass is 259 g/mol. The molecule has 0 unspecified atom stereocenters. The topological polar surface area (TPSA) is 63.3 Å². The maximum absolute atomic E-state index is 10.5. The Morgan fingerprint density at radius 3 is 2.79 bits per heavy atom. The summed E-state index contributed by atoms with van der Waals surface area (Å²) in [5.74, 6) is -0.916. The van der Waals surface area contributed by atoms with Gasteiger partial charge in [0.25, 0.3) is 0 Å². The Balaban J connectivity index is 2.54. The van der Waals surface area contributed by atoms with Crippen LogP contribution < -0.4 is 10.2 Å². The van der Waals surface area contributed by atoms with E-state index in [2.05, 4.69) is 0 Å². The molecule has 0 aromatic heterocycles. The molecule has 1 aromatic carbocycles. The van der Waals surface area contributed by atoms with Crippen molar-refractivity contribution in [1.29, 1.82) is 0 Å². The van der Waals surface area contributed by atoms with E-state index in [9.17, 15) is 4.79 Å². The van der Waals surface area contributed by atoms with E-state index >= 15 is 0 Å². The Kier molecular flexibility index (Phi) is 4.14. The Hall–Kier alpha value is -0.831. The van der Waals surface area contributed by atoms with Gasteiger partial charge in [-0.15, -0.1) is 0 Å². The Bertz CT molecular complexity index is 328. The predicted octanol–water partition coefficient (Wildman–Crippen LogP) is 0.155. The number of hydrogen-bond donors (Lipinski definition) is 2. The van der Waals surface area contributed by atoms with Gasteiger partial charge in [-0.25, -0.2) is 0 Å². The second kappa shape index (κ2) is 5.15. The first-order valence-corrected chi connectivity index (χ1v) is 6.35. The molecule has 4 heteroatoms. The third-order valence-corrected chi connectivity index (χ3v) is 4.55. The molecule has 14 heavy (non-hydrogen) atoms. The summed E-state index contributed by atoms with van der Waals surface area (Å²) in [6.07, 6.45) is 0. The second-order valence-corrected chi connectivity index (χ2v) is 5.25. The van der Waals surface area contributed by atoms with Crippen molar-refractivity contribution in [2.75, 3.05) is 0 Å². The first-order chi connectivity index (χ1) is 6.61. The third-order valence-electron chi connectivity index (χ3n) is 1.83. The van der Waals surface area contributed by atoms with Gasteiger partial charge < -0.3 is 0 Å². The summed E-state index contributed by atoms with van der Waals surface area (Å²) >= 11 is 0.156. The van der Waals surface area contributed by atoms with Gasteiger partial charge in [0.05, 0.1) is 0 Å². The van der Waals surface area contributed by atoms with E-state index in [4.69, 9.17) is 10.8 Å². The van der Waals surface area contributed by atoms with Crippen LogP contribution in [-0.4, -0.2) is 32.1 Å². The van der Waals surface area contributed by atoms with Gasteiger partial charge in [0.1, 0.15) is 0 Å². The molecule has 0 aliphatic carbocycles. The van der Waals surface area contributed by atoms with Crippen molar-refractivity contribution in [3.8, 4) is 0 Å². The van der Waals surface area contributed by atoms with Crippen LogP contribution in [0.15, 0.2) is 24.3 Å². The van der Waals surface area contributed by atoms with Crippen molar-refractivity contribution in [2.45, 2.75) is 18.3 Å². The fraction of sp³-hybridized carbons (Fsp3) is 0.300. The van der Waals surface area contributed by atoms with Crippen molar-refractivity contribution >= 4 is 25.4 Å². The number of carboxylic acids is 1. The van der Waals surface area contributed by atoms with Crippen molar-refractivity contribution < 1.29 is 9.90 Å². The first kappa shape index (κ1) is 11.2. The Morgan fingerprint density at radius 2 is 2.21 bits per heavy atom. The quantitative estimate of drug-likeness (QED) is 0.756. The van der Waals surface area contributed by atoms with Crippen LogP contribution >= 0.6 is 0 Å². The number of carbonyl (C=O) groups is 1. The molecule has 0 spiro atoms. The van der Waals surface area contributed by atoms with Gasteiger partial charge in [0.15, 0.2) is 0 Å². The van der Waals surface area contributed by atoms with Gasteiger partial charge >= 0.3 is 89.1 Å². The van der Waals surface area contributed by atoms with Crippen LogP contribution in [0.4, 0.5) is 0 Å². The maximum atomic E-state index is 10.5. The molecule has 3 nitrogen and oxygen atoms in total. The second-order valence-electron chi connectivity index (χ2n) is 3.02. The average molecular weight is 258 g/mol. The van der Waals surface area contributed by atoms with Crippen LogP contribution in [-0.2, 0) is 4.79 Å². The number of aryl methyl sites for hydroxylation is 1. The molecule has 0 bridgehead atoms. The van der Waals surface area contributed by atoms with Crippen molar-refractivity contribution in [2.24, 2.45) is 5.73 Å². The number of carboxylic acid groups (broad SMARTS) is 1. The van der Waals surface area contributed by atoms with Gasteiger partial charge in [-0.05, 0) is 0 Å². The van der Waals surface area contributed by atoms with Crippen LogP contribution in [0.1, 0.15) is 5.56 Å². The summed E-state index contributed by atoms with van der Waals surface area (Å²) in [6, 6.07) is 7.28. The molecule has 0 aliphatic heterocycles. The number of benzene rings is 1. The van der Waals surface area contributed by atoms with Gasteiger partial charge in [-0.3, -0.25) is 0 Å². The summed E-state index contributed by atoms with van der Waals surface area (Å²) in [5, 5.41) is 9.16. The van der Waals surface area contributed by atoms with E-state index in [1.165, 1.54) is 10.0 Å². The molecule has 0 aliphatic rings. The van der Waals surface area contributed by atoms with Crippen LogP contribution in [0.2, 0.25) is 5.32 Å². The summed E-state index contributed by atoms with van der Waals surface area (Å²) in [4.78, 5) is 10.5. The predicted molar refractivity (Wildman–Crippen MR) is 57.0 cm³/mol. The van der Waals surface area contributed by atoms with E-state index < -0.39 is 12.0 Å². The minimum absolute atomic E-state index is 0.156. The molecular weight excluding hydrogens is 245 g/mol. The standard InChI is InChI=1S/C10H13NO2Se/c1-7-4-2-3-5-9(7)14-6-8(11)10(12)13/h2-5,8H,6,11H2,1H3,(H,12,13)/t8-/m0/s1. The van der Waals surface area contributed by atoms with E-state index in [-0.39, 0.29) is 15.0 Å². The van der Waals surface area contributed by atoms with Gasteiger partial charge in [-0.2, -0.15) is 0 Å². The summed E-state index contributed by atoms with van der Waals surface area (Å²) in [5.41, 5.74) is 6.64. The van der Waals surface area contributed by atoms with Crippen molar-refractivity contribution in [3.63, 3.8) is 0 Å². The molecule has 0 saturated carbocycles. The summed E-state index contributed by atoms with van der Waals surface area (Å²) < 4.78 is 1.23. The Morgan fingerprint density at radius 1 is 1.57 bits per heavy atom. The van der Waals surface area contributed by atoms with Gasteiger partial charge in [0.2, 0.25) is 0 Å². The molecule has 1 atom stereocenters. The molecule has 0 fully saturated rings. The van der Waals surface area contributed by atoms with Gasteiger partial charge in [-0.1, -0.05) is 0 Å². The fourth-order valence-electron chi connectivity index (χ4n) is 0.969. The number of rotatable bonds is 4. The molecule has 0 heterocycles. The van der Waals surface area contributed by atoms with E-state index in [1.807, 2.05) is 31.2 Å². The zero-order valence-electron chi connectivity index (χ0n) is 7.93. The third kappa shape index (κ3) is 3.14. The van der Waals surface area contributed by atoms with Crippen molar-refractivity contribution in [3.05, 3.63) is 29.8 Å². The van der Waals surface area contributed by atoms with Crippen molar-refractivity contribution in [1.82, 2.24) is 0 Å². The van der Waals surface area contributed by atoms with E-state index in [1.54, 1.807) is 0 Å². The average Bonchev–Trinajstić information content (AvgIpc) is 2.16. The van der Waals surface area contributed by atoms with Crippen LogP contribution in [0.3, 0.4) is 0 Å². The molecule has 0 saturated heterocycles.